The Morgan fingerprint density at radius 1 is 0.950 bits per heavy atom. The lowest BCUT2D eigenvalue weighted by atomic mass is 10.1. The van der Waals surface area contributed by atoms with Crippen molar-refractivity contribution >= 4 is 11.9 Å². The molecule has 0 spiro atoms. The summed E-state index contributed by atoms with van der Waals surface area (Å²) in [5, 5.41) is 18.4. The number of carbonyl (C=O) groups is 2. The third kappa shape index (κ3) is 3.63. The van der Waals surface area contributed by atoms with Crippen LogP contribution in [-0.2, 0) is 0 Å². The summed E-state index contributed by atoms with van der Waals surface area (Å²) in [7, 11) is 0. The molecule has 1 rings (SSSR count). The maximum atomic E-state index is 11.4. The molecular formula is C14H18O6. The quantitative estimate of drug-likeness (QED) is 0.833. The van der Waals surface area contributed by atoms with E-state index in [2.05, 4.69) is 0 Å². The van der Waals surface area contributed by atoms with Crippen LogP contribution in [0.3, 0.4) is 0 Å². The summed E-state index contributed by atoms with van der Waals surface area (Å²) in [5.74, 6) is -2.53. The average molecular weight is 282 g/mol. The van der Waals surface area contributed by atoms with E-state index in [0.717, 1.165) is 0 Å². The highest BCUT2D eigenvalue weighted by Crippen LogP contribution is 2.35. The number of hydrogen-bond donors (Lipinski definition) is 2. The molecule has 0 heterocycles. The third-order valence-electron chi connectivity index (χ3n) is 2.28. The van der Waals surface area contributed by atoms with Gasteiger partial charge in [-0.15, -0.1) is 0 Å². The minimum Gasteiger partial charge on any atom is -0.487 e. The molecule has 6 heteroatoms. The Morgan fingerprint density at radius 2 is 1.50 bits per heavy atom. The molecule has 110 valence electrons. The number of ether oxygens (including phenoxy) is 2. The fourth-order valence-corrected chi connectivity index (χ4v) is 1.65. The van der Waals surface area contributed by atoms with Crippen molar-refractivity contribution in [2.75, 3.05) is 0 Å². The summed E-state index contributed by atoms with van der Waals surface area (Å²) in [6, 6.07) is 2.62. The monoisotopic (exact) mass is 282 g/mol. The fraction of sp³-hybridized carbons (Fsp3) is 0.429. The molecule has 20 heavy (non-hydrogen) atoms. The Balaban J connectivity index is 3.52. The summed E-state index contributed by atoms with van der Waals surface area (Å²) >= 11 is 0. The Morgan fingerprint density at radius 3 is 1.90 bits per heavy atom. The van der Waals surface area contributed by atoms with Crippen LogP contribution >= 0.6 is 0 Å². The molecule has 6 nitrogen and oxygen atoms in total. The molecule has 0 fully saturated rings. The van der Waals surface area contributed by atoms with E-state index in [-0.39, 0.29) is 29.3 Å². The number of carboxylic acids is 2. The van der Waals surface area contributed by atoms with Crippen molar-refractivity contribution in [3.05, 3.63) is 23.3 Å². The molecule has 0 aliphatic rings. The summed E-state index contributed by atoms with van der Waals surface area (Å²) < 4.78 is 11.0. The molecule has 2 N–H and O–H groups in total. The standard InChI is InChI=1S/C14H18O6/c1-7(2)19-10-6-5-9(13(15)16)11(14(17)18)12(10)20-8(3)4/h5-8H,1-4H3,(H,15,16)(H,17,18). The predicted molar refractivity (Wildman–Crippen MR) is 71.9 cm³/mol. The van der Waals surface area contributed by atoms with Gasteiger partial charge in [0.25, 0.3) is 0 Å². The molecule has 1 aromatic rings. The van der Waals surface area contributed by atoms with Crippen LogP contribution in [0.2, 0.25) is 0 Å². The number of hydrogen-bond acceptors (Lipinski definition) is 4. The second-order valence-electron chi connectivity index (χ2n) is 4.76. The van der Waals surface area contributed by atoms with Gasteiger partial charge in [-0.05, 0) is 39.8 Å². The first-order chi connectivity index (χ1) is 9.23. The van der Waals surface area contributed by atoms with Gasteiger partial charge >= 0.3 is 11.9 Å². The molecule has 0 saturated carbocycles. The molecule has 0 radical (unpaired) electrons. The van der Waals surface area contributed by atoms with Crippen LogP contribution in [0.25, 0.3) is 0 Å². The van der Waals surface area contributed by atoms with E-state index in [4.69, 9.17) is 14.6 Å². The van der Waals surface area contributed by atoms with Gasteiger partial charge in [0.15, 0.2) is 11.5 Å². The summed E-state index contributed by atoms with van der Waals surface area (Å²) in [6.45, 7) is 7.01. The second kappa shape index (κ2) is 6.27. The minimum atomic E-state index is -1.37. The molecular weight excluding hydrogens is 264 g/mol. The molecule has 0 bridgehead atoms. The van der Waals surface area contributed by atoms with Crippen LogP contribution in [0.1, 0.15) is 48.4 Å². The topological polar surface area (TPSA) is 93.1 Å². The SMILES string of the molecule is CC(C)Oc1ccc(C(=O)O)c(C(=O)O)c1OC(C)C. The second-order valence-corrected chi connectivity index (χ2v) is 4.76. The van der Waals surface area contributed by atoms with Crippen LogP contribution in [-0.4, -0.2) is 34.4 Å². The zero-order valence-electron chi connectivity index (χ0n) is 11.8. The molecule has 0 saturated heterocycles. The van der Waals surface area contributed by atoms with Crippen LogP contribution in [0.4, 0.5) is 0 Å². The van der Waals surface area contributed by atoms with Gasteiger partial charge in [0.1, 0.15) is 5.56 Å². The Hall–Kier alpha value is -2.24. The van der Waals surface area contributed by atoms with Crippen LogP contribution in [0, 0.1) is 0 Å². The van der Waals surface area contributed by atoms with Gasteiger partial charge in [-0.3, -0.25) is 0 Å². The molecule has 0 aliphatic carbocycles. The summed E-state index contributed by atoms with van der Waals surface area (Å²) in [5.41, 5.74) is -0.728. The normalized spacial score (nSPS) is 10.7. The van der Waals surface area contributed by atoms with Crippen LogP contribution in [0.5, 0.6) is 11.5 Å². The Labute approximate surface area is 116 Å². The third-order valence-corrected chi connectivity index (χ3v) is 2.28. The first kappa shape index (κ1) is 15.8. The van der Waals surface area contributed by atoms with Gasteiger partial charge in [0, 0.05) is 0 Å². The van der Waals surface area contributed by atoms with Gasteiger partial charge in [-0.2, -0.15) is 0 Å². The smallest absolute Gasteiger partial charge is 0.340 e. The van der Waals surface area contributed by atoms with Crippen molar-refractivity contribution in [2.24, 2.45) is 0 Å². The highest BCUT2D eigenvalue weighted by atomic mass is 16.5. The van der Waals surface area contributed by atoms with E-state index in [1.54, 1.807) is 27.7 Å². The summed E-state index contributed by atoms with van der Waals surface area (Å²) in [4.78, 5) is 22.5. The zero-order chi connectivity index (χ0) is 15.4. The van der Waals surface area contributed by atoms with Gasteiger partial charge in [0.05, 0.1) is 17.8 Å². The highest BCUT2D eigenvalue weighted by molar-refractivity contribution is 6.04. The Kier molecular flexibility index (Phi) is 4.96. The van der Waals surface area contributed by atoms with E-state index in [1.807, 2.05) is 0 Å². The van der Waals surface area contributed by atoms with Gasteiger partial charge in [-0.25, -0.2) is 9.59 Å². The lowest BCUT2D eigenvalue weighted by molar-refractivity contribution is 0.0644. The number of carboxylic acid groups (broad SMARTS) is 2. The van der Waals surface area contributed by atoms with Crippen molar-refractivity contribution in [3.8, 4) is 11.5 Å². The molecule has 0 aromatic heterocycles. The van der Waals surface area contributed by atoms with E-state index >= 15 is 0 Å². The molecule has 0 atom stereocenters. The van der Waals surface area contributed by atoms with Gasteiger partial charge < -0.3 is 19.7 Å². The molecule has 0 amide bonds. The van der Waals surface area contributed by atoms with Crippen molar-refractivity contribution in [2.45, 2.75) is 39.9 Å². The van der Waals surface area contributed by atoms with Gasteiger partial charge in [0.2, 0.25) is 0 Å². The first-order valence-corrected chi connectivity index (χ1v) is 6.21. The summed E-state index contributed by atoms with van der Waals surface area (Å²) in [6.07, 6.45) is -0.506. The maximum absolute atomic E-state index is 11.4. The number of benzene rings is 1. The average Bonchev–Trinajstić information content (AvgIpc) is 2.28. The zero-order valence-corrected chi connectivity index (χ0v) is 11.8. The predicted octanol–water partition coefficient (Wildman–Crippen LogP) is 2.66. The van der Waals surface area contributed by atoms with Crippen LogP contribution in [0.15, 0.2) is 12.1 Å². The minimum absolute atomic E-state index is 0.0545. The van der Waals surface area contributed by atoms with E-state index in [9.17, 15) is 14.7 Å². The largest absolute Gasteiger partial charge is 0.487 e. The first-order valence-electron chi connectivity index (χ1n) is 6.21. The molecule has 0 unspecified atom stereocenters. The fourth-order valence-electron chi connectivity index (χ4n) is 1.65. The number of aromatic carboxylic acids is 2. The maximum Gasteiger partial charge on any atom is 0.340 e. The number of rotatable bonds is 6. The van der Waals surface area contributed by atoms with Crippen LogP contribution < -0.4 is 9.47 Å². The Bertz CT molecular complexity index is 519. The molecule has 1 aromatic carbocycles. The van der Waals surface area contributed by atoms with E-state index < -0.39 is 17.5 Å². The lowest BCUT2D eigenvalue weighted by Gasteiger charge is -2.19. The van der Waals surface area contributed by atoms with Gasteiger partial charge in [-0.1, -0.05) is 0 Å². The van der Waals surface area contributed by atoms with Crippen molar-refractivity contribution in [3.63, 3.8) is 0 Å². The van der Waals surface area contributed by atoms with Crippen molar-refractivity contribution in [1.29, 1.82) is 0 Å². The van der Waals surface area contributed by atoms with Crippen molar-refractivity contribution in [1.82, 2.24) is 0 Å². The lowest BCUT2D eigenvalue weighted by Crippen LogP contribution is -2.17. The van der Waals surface area contributed by atoms with E-state index in [0.29, 0.717) is 0 Å². The van der Waals surface area contributed by atoms with Crippen molar-refractivity contribution < 1.29 is 29.3 Å². The van der Waals surface area contributed by atoms with E-state index in [1.165, 1.54) is 12.1 Å². The highest BCUT2D eigenvalue weighted by Gasteiger charge is 2.26. The molecule has 0 aliphatic heterocycles.